The van der Waals surface area contributed by atoms with Crippen LogP contribution in [0.2, 0.25) is 0 Å². The molecule has 0 amide bonds. The minimum absolute atomic E-state index is 0.0991. The molecule has 37 heavy (non-hydrogen) atoms. The van der Waals surface area contributed by atoms with Crippen molar-refractivity contribution in [2.45, 2.75) is 64.9 Å². The van der Waals surface area contributed by atoms with Gasteiger partial charge in [-0.3, -0.25) is 14.3 Å². The maximum atomic E-state index is 15.5. The van der Waals surface area contributed by atoms with Crippen molar-refractivity contribution >= 4 is 29.9 Å². The van der Waals surface area contributed by atoms with Crippen molar-refractivity contribution in [3.63, 3.8) is 0 Å². The maximum absolute atomic E-state index is 15.5. The van der Waals surface area contributed by atoms with Crippen molar-refractivity contribution in [1.82, 2.24) is 14.5 Å². The molecule has 2 heterocycles. The van der Waals surface area contributed by atoms with Gasteiger partial charge < -0.3 is 14.0 Å². The quantitative estimate of drug-likeness (QED) is 0.313. The molecule has 0 aliphatic carbocycles. The Balaban J connectivity index is 2.05. The average molecular weight is 517 g/mol. The number of hydrogen-bond acceptors (Lipinski definition) is 6. The van der Waals surface area contributed by atoms with E-state index in [0.29, 0.717) is 24.0 Å². The molecule has 0 spiro atoms. The molecule has 1 atom stereocenters. The molecule has 4 rings (SSSR count). The van der Waals surface area contributed by atoms with Gasteiger partial charge in [-0.05, 0) is 66.4 Å². The van der Waals surface area contributed by atoms with Crippen LogP contribution in [0.15, 0.2) is 30.3 Å². The Morgan fingerprint density at radius 2 is 1.81 bits per heavy atom. The normalized spacial score (nSPS) is 17.7. The summed E-state index contributed by atoms with van der Waals surface area (Å²) in [5.41, 5.74) is -0.366. The second-order valence-electron chi connectivity index (χ2n) is 10.3. The second-order valence-corrected chi connectivity index (χ2v) is 10.3. The first-order valence-corrected chi connectivity index (χ1v) is 12.1. The number of imidazole rings is 1. The topological polar surface area (TPSA) is 65.8 Å². The standard InChI is InChI=1S/C26H31BF3N3O4/c1-8-19(32(6)7)23-31-18-13-17(28)16(27-36-25(2,3)26(4,5)37-27)12-20(18)33(23)22-15(14-34)10-9-11-21(22)35-24(29)30/h9-14,19,24H,8H2,1-7H3. The third kappa shape index (κ3) is 4.75. The van der Waals surface area contributed by atoms with Gasteiger partial charge in [-0.1, -0.05) is 13.0 Å². The van der Waals surface area contributed by atoms with Crippen molar-refractivity contribution < 1.29 is 32.0 Å². The van der Waals surface area contributed by atoms with Gasteiger partial charge >= 0.3 is 13.7 Å². The van der Waals surface area contributed by atoms with Crippen LogP contribution < -0.4 is 10.2 Å². The number of fused-ring (bicyclic) bond motifs is 1. The van der Waals surface area contributed by atoms with E-state index in [0.717, 1.165) is 0 Å². The Labute approximate surface area is 214 Å². The molecule has 0 bridgehead atoms. The number of para-hydroxylation sites is 1. The Morgan fingerprint density at radius 1 is 1.16 bits per heavy atom. The minimum atomic E-state index is -3.12. The molecule has 1 unspecified atom stereocenters. The van der Waals surface area contributed by atoms with Crippen molar-refractivity contribution in [2.24, 2.45) is 0 Å². The number of hydrogen-bond donors (Lipinski definition) is 0. The van der Waals surface area contributed by atoms with Crippen molar-refractivity contribution in [3.05, 3.63) is 47.5 Å². The predicted molar refractivity (Wildman–Crippen MR) is 135 cm³/mol. The van der Waals surface area contributed by atoms with Crippen LogP contribution in [0.5, 0.6) is 5.75 Å². The van der Waals surface area contributed by atoms with Crippen molar-refractivity contribution in [3.8, 4) is 11.4 Å². The monoisotopic (exact) mass is 517 g/mol. The average Bonchev–Trinajstić information content (AvgIpc) is 3.24. The van der Waals surface area contributed by atoms with Gasteiger partial charge in [0.1, 0.15) is 17.3 Å². The lowest BCUT2D eigenvalue weighted by atomic mass is 9.78. The lowest BCUT2D eigenvalue weighted by molar-refractivity contribution is -0.0498. The zero-order valence-corrected chi connectivity index (χ0v) is 22.0. The molecule has 2 aromatic carbocycles. The summed E-state index contributed by atoms with van der Waals surface area (Å²) in [4.78, 5) is 18.7. The third-order valence-corrected chi connectivity index (χ3v) is 7.21. The van der Waals surface area contributed by atoms with E-state index in [1.54, 1.807) is 10.6 Å². The van der Waals surface area contributed by atoms with E-state index in [4.69, 9.17) is 19.0 Å². The number of aromatic nitrogens is 2. The number of aldehydes is 1. The molecule has 0 saturated carbocycles. The first-order valence-electron chi connectivity index (χ1n) is 12.1. The number of carbonyl (C=O) groups is 1. The minimum Gasteiger partial charge on any atom is -0.433 e. The molecule has 3 aromatic rings. The van der Waals surface area contributed by atoms with Crippen LogP contribution in [0.4, 0.5) is 13.2 Å². The molecule has 7 nitrogen and oxygen atoms in total. The maximum Gasteiger partial charge on any atom is 0.497 e. The predicted octanol–water partition coefficient (Wildman–Crippen LogP) is 4.89. The van der Waals surface area contributed by atoms with Crippen LogP contribution in [-0.4, -0.2) is 59.8 Å². The molecular weight excluding hydrogens is 486 g/mol. The number of rotatable bonds is 8. The fraction of sp³-hybridized carbons (Fsp3) is 0.462. The first kappa shape index (κ1) is 27.2. The Kier molecular flexibility index (Phi) is 7.17. The number of carbonyl (C=O) groups excluding carboxylic acids is 1. The lowest BCUT2D eigenvalue weighted by Gasteiger charge is -2.32. The Bertz CT molecular complexity index is 1310. The number of nitrogens with zero attached hydrogens (tertiary/aromatic N) is 3. The number of benzene rings is 2. The van der Waals surface area contributed by atoms with Gasteiger partial charge in [0.15, 0.2) is 12.0 Å². The van der Waals surface area contributed by atoms with Crippen molar-refractivity contribution in [2.75, 3.05) is 14.1 Å². The van der Waals surface area contributed by atoms with Gasteiger partial charge in [-0.25, -0.2) is 9.37 Å². The number of ether oxygens (including phenoxy) is 1. The van der Waals surface area contributed by atoms with E-state index >= 15 is 4.39 Å². The van der Waals surface area contributed by atoms with E-state index < -0.39 is 30.7 Å². The van der Waals surface area contributed by atoms with E-state index in [1.165, 1.54) is 24.3 Å². The highest BCUT2D eigenvalue weighted by Crippen LogP contribution is 2.38. The van der Waals surface area contributed by atoms with Gasteiger partial charge in [0.25, 0.3) is 0 Å². The Hall–Kier alpha value is -2.89. The van der Waals surface area contributed by atoms with Crippen LogP contribution in [0.3, 0.4) is 0 Å². The fourth-order valence-corrected chi connectivity index (χ4v) is 4.59. The second kappa shape index (κ2) is 9.77. The summed E-state index contributed by atoms with van der Waals surface area (Å²) in [6.45, 7) is 6.29. The van der Waals surface area contributed by atoms with Gasteiger partial charge in [0.2, 0.25) is 0 Å². The van der Waals surface area contributed by atoms with Crippen LogP contribution in [0, 0.1) is 5.82 Å². The molecule has 0 N–H and O–H groups in total. The smallest absolute Gasteiger partial charge is 0.433 e. The molecule has 1 aliphatic heterocycles. The van der Waals surface area contributed by atoms with Gasteiger partial charge in [-0.15, -0.1) is 0 Å². The summed E-state index contributed by atoms with van der Waals surface area (Å²) in [6, 6.07) is 6.86. The van der Waals surface area contributed by atoms with Crippen LogP contribution >= 0.6 is 0 Å². The summed E-state index contributed by atoms with van der Waals surface area (Å²) >= 11 is 0. The largest absolute Gasteiger partial charge is 0.497 e. The molecular formula is C26H31BF3N3O4. The number of halogens is 3. The summed E-state index contributed by atoms with van der Waals surface area (Å²) in [5.74, 6) is -0.329. The van der Waals surface area contributed by atoms with Crippen molar-refractivity contribution in [1.29, 1.82) is 0 Å². The van der Waals surface area contributed by atoms with E-state index in [9.17, 15) is 13.6 Å². The SMILES string of the molecule is CCC(c1nc2cc(F)c(B3OC(C)(C)C(C)(C)O3)cc2n1-c1c(C=O)cccc1OC(F)F)N(C)C. The number of alkyl halides is 2. The third-order valence-electron chi connectivity index (χ3n) is 7.21. The molecule has 0 radical (unpaired) electrons. The van der Waals surface area contributed by atoms with Gasteiger partial charge in [0, 0.05) is 17.1 Å². The molecule has 1 aromatic heterocycles. The Morgan fingerprint density at radius 3 is 2.35 bits per heavy atom. The summed E-state index contributed by atoms with van der Waals surface area (Å²) in [6.07, 6.45) is 1.18. The van der Waals surface area contributed by atoms with Gasteiger partial charge in [0.05, 0.1) is 28.3 Å². The lowest BCUT2D eigenvalue weighted by Crippen LogP contribution is -2.41. The zero-order valence-electron chi connectivity index (χ0n) is 22.0. The summed E-state index contributed by atoms with van der Waals surface area (Å²) in [7, 11) is 2.71. The van der Waals surface area contributed by atoms with E-state index in [1.807, 2.05) is 53.6 Å². The molecule has 1 aliphatic rings. The zero-order chi connectivity index (χ0) is 27.3. The van der Waals surface area contributed by atoms with Gasteiger partial charge in [-0.2, -0.15) is 8.78 Å². The van der Waals surface area contributed by atoms with Crippen LogP contribution in [0.25, 0.3) is 16.7 Å². The molecule has 198 valence electrons. The molecule has 1 fully saturated rings. The highest BCUT2D eigenvalue weighted by molar-refractivity contribution is 6.62. The molecule has 11 heteroatoms. The highest BCUT2D eigenvalue weighted by atomic mass is 19.3. The fourth-order valence-electron chi connectivity index (χ4n) is 4.59. The molecule has 1 saturated heterocycles. The van der Waals surface area contributed by atoms with Crippen LogP contribution in [0.1, 0.15) is 63.3 Å². The summed E-state index contributed by atoms with van der Waals surface area (Å²) < 4.78 is 60.8. The van der Waals surface area contributed by atoms with E-state index in [-0.39, 0.29) is 34.0 Å². The van der Waals surface area contributed by atoms with E-state index in [2.05, 4.69) is 0 Å². The first-order chi connectivity index (χ1) is 17.3. The highest BCUT2D eigenvalue weighted by Gasteiger charge is 2.52. The summed E-state index contributed by atoms with van der Waals surface area (Å²) in [5, 5.41) is 0. The van der Waals surface area contributed by atoms with Crippen LogP contribution in [-0.2, 0) is 9.31 Å².